The summed E-state index contributed by atoms with van der Waals surface area (Å²) in [5.74, 6) is 0.791. The van der Waals surface area contributed by atoms with Crippen LogP contribution in [0.15, 0.2) is 66.6 Å². The van der Waals surface area contributed by atoms with Crippen molar-refractivity contribution >= 4 is 39.9 Å². The van der Waals surface area contributed by atoms with Gasteiger partial charge in [0.2, 0.25) is 11.8 Å². The predicted molar refractivity (Wildman–Crippen MR) is 138 cm³/mol. The van der Waals surface area contributed by atoms with Crippen molar-refractivity contribution in [2.45, 2.75) is 37.6 Å². The van der Waals surface area contributed by atoms with Gasteiger partial charge in [0.25, 0.3) is 0 Å². The van der Waals surface area contributed by atoms with Gasteiger partial charge in [-0.25, -0.2) is 4.98 Å². The van der Waals surface area contributed by atoms with Crippen LogP contribution in [-0.2, 0) is 47.2 Å². The summed E-state index contributed by atoms with van der Waals surface area (Å²) in [6.07, 6.45) is 8.75. The van der Waals surface area contributed by atoms with Crippen LogP contribution in [0.3, 0.4) is 0 Å². The maximum Gasteiger partial charge on any atom is 0.237 e. The van der Waals surface area contributed by atoms with E-state index in [4.69, 9.17) is 0 Å². The number of amides is 2. The van der Waals surface area contributed by atoms with E-state index in [1.165, 1.54) is 16.7 Å². The Hall–Kier alpha value is -4.39. The third kappa shape index (κ3) is 2.65. The first-order valence-corrected chi connectivity index (χ1v) is 12.4. The van der Waals surface area contributed by atoms with Crippen molar-refractivity contribution in [3.8, 4) is 0 Å². The molecule has 4 aliphatic rings. The van der Waals surface area contributed by atoms with Gasteiger partial charge < -0.3 is 20.5 Å². The molecule has 1 atom stereocenters. The molecular formula is C29H23N5O2. The highest BCUT2D eigenvalue weighted by Crippen LogP contribution is 2.48. The average molecular weight is 474 g/mol. The van der Waals surface area contributed by atoms with E-state index in [0.29, 0.717) is 31.6 Å². The maximum absolute atomic E-state index is 13.1. The standard InChI is InChI=1S/C29H23N5O2/c35-25-11-19-14-34(24-5-1-4-22(32-25)26(19)24)15-20-7-6-16-9-17-12-29(13-18(17)10-23(16)31-20)21-3-2-8-30-27(21)33-28(29)36/h1-5,7-10,14,31H,6,11-13,15H2,(H,32,35)(H,30,33,36)/t29-/m0/s1. The number of pyridine rings is 1. The highest BCUT2D eigenvalue weighted by atomic mass is 16.2. The molecule has 0 saturated carbocycles. The summed E-state index contributed by atoms with van der Waals surface area (Å²) in [6, 6.07) is 14.5. The van der Waals surface area contributed by atoms with Gasteiger partial charge in [0.15, 0.2) is 0 Å². The maximum atomic E-state index is 13.1. The van der Waals surface area contributed by atoms with E-state index >= 15 is 0 Å². The highest BCUT2D eigenvalue weighted by Gasteiger charge is 2.51. The lowest BCUT2D eigenvalue weighted by Gasteiger charge is -2.21. The molecule has 0 saturated heterocycles. The Labute approximate surface area is 207 Å². The van der Waals surface area contributed by atoms with Crippen molar-refractivity contribution < 1.29 is 9.59 Å². The molecule has 2 amide bonds. The third-order valence-electron chi connectivity index (χ3n) is 8.21. The van der Waals surface area contributed by atoms with Gasteiger partial charge >= 0.3 is 0 Å². The van der Waals surface area contributed by atoms with Gasteiger partial charge in [-0.3, -0.25) is 9.59 Å². The molecule has 1 spiro atoms. The van der Waals surface area contributed by atoms with Gasteiger partial charge in [-0.15, -0.1) is 0 Å². The zero-order valence-electron chi connectivity index (χ0n) is 19.5. The first-order chi connectivity index (χ1) is 17.6. The van der Waals surface area contributed by atoms with Crippen LogP contribution in [0.5, 0.6) is 0 Å². The average Bonchev–Trinajstić information content (AvgIpc) is 3.50. The quantitative estimate of drug-likeness (QED) is 0.410. The molecule has 7 nitrogen and oxygen atoms in total. The van der Waals surface area contributed by atoms with Crippen LogP contribution in [-0.4, -0.2) is 21.4 Å². The number of benzene rings is 2. The second kappa shape index (κ2) is 6.85. The topological polar surface area (TPSA) is 88.1 Å². The molecule has 36 heavy (non-hydrogen) atoms. The molecule has 2 aromatic carbocycles. The van der Waals surface area contributed by atoms with Crippen LogP contribution in [0, 0.1) is 0 Å². The van der Waals surface area contributed by atoms with Crippen molar-refractivity contribution in [2.24, 2.45) is 0 Å². The van der Waals surface area contributed by atoms with E-state index in [9.17, 15) is 9.59 Å². The minimum Gasteiger partial charge on any atom is -0.357 e. The lowest BCUT2D eigenvalue weighted by molar-refractivity contribution is -0.120. The smallest absolute Gasteiger partial charge is 0.237 e. The normalized spacial score (nSPS) is 20.9. The fourth-order valence-corrected chi connectivity index (χ4v) is 6.58. The number of carbonyl (C=O) groups excluding carboxylic acids is 2. The molecule has 7 heteroatoms. The molecule has 0 unspecified atom stereocenters. The van der Waals surface area contributed by atoms with Crippen LogP contribution in [0.25, 0.3) is 10.9 Å². The number of fused-ring (bicyclic) bond motifs is 4. The highest BCUT2D eigenvalue weighted by molar-refractivity contribution is 6.09. The molecular weight excluding hydrogens is 450 g/mol. The summed E-state index contributed by atoms with van der Waals surface area (Å²) >= 11 is 0. The lowest BCUT2D eigenvalue weighted by atomic mass is 9.79. The lowest BCUT2D eigenvalue weighted by Crippen LogP contribution is -2.35. The second-order valence-electron chi connectivity index (χ2n) is 10.3. The number of anilines is 3. The van der Waals surface area contributed by atoms with Crippen molar-refractivity contribution in [1.82, 2.24) is 9.55 Å². The second-order valence-corrected chi connectivity index (χ2v) is 10.3. The van der Waals surface area contributed by atoms with E-state index in [1.807, 2.05) is 24.3 Å². The summed E-state index contributed by atoms with van der Waals surface area (Å²) in [4.78, 5) is 29.6. The number of hydrogen-bond acceptors (Lipinski definition) is 4. The number of nitrogens with one attached hydrogen (secondary N) is 3. The fourth-order valence-electron chi connectivity index (χ4n) is 6.58. The van der Waals surface area contributed by atoms with Gasteiger partial charge in [-0.1, -0.05) is 24.3 Å². The number of rotatable bonds is 2. The Balaban J connectivity index is 1.10. The molecule has 0 radical (unpaired) electrons. The first-order valence-electron chi connectivity index (χ1n) is 12.4. The Morgan fingerprint density at radius 3 is 2.72 bits per heavy atom. The van der Waals surface area contributed by atoms with Gasteiger partial charge in [-0.2, -0.15) is 0 Å². The minimum absolute atomic E-state index is 0.0395. The predicted octanol–water partition coefficient (Wildman–Crippen LogP) is 4.07. The summed E-state index contributed by atoms with van der Waals surface area (Å²) in [7, 11) is 0. The van der Waals surface area contributed by atoms with E-state index in [1.54, 1.807) is 6.20 Å². The van der Waals surface area contributed by atoms with Crippen LogP contribution < -0.4 is 16.0 Å². The molecule has 0 fully saturated rings. The monoisotopic (exact) mass is 473 g/mol. The summed E-state index contributed by atoms with van der Waals surface area (Å²) in [5.41, 5.74) is 9.55. The molecule has 5 heterocycles. The largest absolute Gasteiger partial charge is 0.357 e. The molecule has 2 aromatic heterocycles. The van der Waals surface area contributed by atoms with Crippen LogP contribution in [0.2, 0.25) is 0 Å². The summed E-state index contributed by atoms with van der Waals surface area (Å²) in [5, 5.41) is 10.8. The molecule has 3 N–H and O–H groups in total. The van der Waals surface area contributed by atoms with E-state index in [0.717, 1.165) is 45.5 Å². The van der Waals surface area contributed by atoms with Crippen molar-refractivity contribution in [2.75, 3.05) is 16.0 Å². The van der Waals surface area contributed by atoms with Crippen molar-refractivity contribution in [1.29, 1.82) is 0 Å². The molecule has 8 rings (SSSR count). The van der Waals surface area contributed by atoms with Crippen LogP contribution in [0.1, 0.15) is 27.8 Å². The van der Waals surface area contributed by atoms with E-state index < -0.39 is 5.41 Å². The van der Waals surface area contributed by atoms with Crippen molar-refractivity contribution in [3.05, 3.63) is 94.4 Å². The zero-order valence-corrected chi connectivity index (χ0v) is 19.5. The third-order valence-corrected chi connectivity index (χ3v) is 8.21. The van der Waals surface area contributed by atoms with Crippen LogP contribution >= 0.6 is 0 Å². The van der Waals surface area contributed by atoms with Gasteiger partial charge in [0, 0.05) is 34.7 Å². The Morgan fingerprint density at radius 2 is 1.81 bits per heavy atom. The molecule has 1 aliphatic carbocycles. The first kappa shape index (κ1) is 19.9. The van der Waals surface area contributed by atoms with Gasteiger partial charge in [-0.05, 0) is 65.8 Å². The van der Waals surface area contributed by atoms with Crippen LogP contribution in [0.4, 0.5) is 17.2 Å². The Kier molecular flexibility index (Phi) is 3.78. The molecule has 3 aliphatic heterocycles. The van der Waals surface area contributed by atoms with E-state index in [-0.39, 0.29) is 11.8 Å². The fraction of sp³-hybridized carbons (Fsp3) is 0.207. The summed E-state index contributed by atoms with van der Waals surface area (Å²) in [6.45, 7) is 0.704. The zero-order chi connectivity index (χ0) is 24.0. The van der Waals surface area contributed by atoms with Gasteiger partial charge in [0.05, 0.1) is 29.6 Å². The van der Waals surface area contributed by atoms with Gasteiger partial charge in [0.1, 0.15) is 5.82 Å². The number of hydrogen-bond donors (Lipinski definition) is 3. The minimum atomic E-state index is -0.554. The molecule has 176 valence electrons. The Bertz CT molecular complexity index is 1700. The Morgan fingerprint density at radius 1 is 0.917 bits per heavy atom. The SMILES string of the molecule is O=C1Cc2cn(CC3=CCc4cc5c(cc4N3)C[C@]3(C5)C(=O)Nc4ncccc43)c3cccc(c23)N1. The van der Waals surface area contributed by atoms with E-state index in [2.05, 4.69) is 56.0 Å². The number of nitrogens with zero attached hydrogens (tertiary/aromatic N) is 2. The summed E-state index contributed by atoms with van der Waals surface area (Å²) < 4.78 is 2.23. The molecule has 0 bridgehead atoms. The number of carbonyl (C=O) groups is 2. The van der Waals surface area contributed by atoms with Crippen molar-refractivity contribution in [3.63, 3.8) is 0 Å². The molecule has 4 aromatic rings. The number of allylic oxidation sites excluding steroid dienone is 2. The number of aromatic nitrogens is 2.